The molecule has 2 aromatic carbocycles. The minimum atomic E-state index is -0.0875. The first-order valence-corrected chi connectivity index (χ1v) is 10.6. The van der Waals surface area contributed by atoms with E-state index in [-0.39, 0.29) is 11.9 Å². The fourth-order valence-electron chi connectivity index (χ4n) is 2.86. The molecule has 0 saturated carbocycles. The van der Waals surface area contributed by atoms with Gasteiger partial charge in [-0.15, -0.1) is 11.3 Å². The van der Waals surface area contributed by atoms with Gasteiger partial charge in [0.25, 0.3) is 5.91 Å². The van der Waals surface area contributed by atoms with Crippen LogP contribution in [0, 0.1) is 0 Å². The predicted molar refractivity (Wildman–Crippen MR) is 114 cm³/mol. The zero-order chi connectivity index (χ0) is 19.0. The van der Waals surface area contributed by atoms with Gasteiger partial charge in [0.1, 0.15) is 0 Å². The number of thiophene rings is 1. The number of benzene rings is 2. The molecule has 0 radical (unpaired) electrons. The van der Waals surface area contributed by atoms with Crippen molar-refractivity contribution in [1.29, 1.82) is 0 Å². The van der Waals surface area contributed by atoms with Crippen molar-refractivity contribution in [3.8, 4) is 0 Å². The lowest BCUT2D eigenvalue weighted by Gasteiger charge is -2.10. The lowest BCUT2D eigenvalue weighted by atomic mass is 10.1. The number of aliphatic imine (C=N–C) groups is 1. The van der Waals surface area contributed by atoms with Crippen molar-refractivity contribution in [3.63, 3.8) is 0 Å². The van der Waals surface area contributed by atoms with Gasteiger partial charge in [-0.25, -0.2) is 4.99 Å². The first kappa shape index (κ1) is 18.3. The topological polar surface area (TPSA) is 41.5 Å². The van der Waals surface area contributed by atoms with Crippen molar-refractivity contribution in [3.05, 3.63) is 74.9 Å². The predicted octanol–water partition coefficient (Wildman–Crippen LogP) is 6.17. The quantitative estimate of drug-likeness (QED) is 0.437. The third-order valence-electron chi connectivity index (χ3n) is 4.04. The second-order valence-corrected chi connectivity index (χ2v) is 9.27. The Morgan fingerprint density at radius 3 is 2.63 bits per heavy atom. The first-order chi connectivity index (χ1) is 13.0. The third kappa shape index (κ3) is 3.81. The second-order valence-electron chi connectivity index (χ2n) is 6.47. The van der Waals surface area contributed by atoms with E-state index in [2.05, 4.69) is 17.4 Å². The molecule has 4 rings (SSSR count). The van der Waals surface area contributed by atoms with Crippen molar-refractivity contribution in [1.82, 2.24) is 5.32 Å². The standard InChI is InChI=1S/C21H17ClN2OS2/c1-12(2)23-21(25)13-7-8-17-15(11-13)24-20(18-9-10-19(22)27-18)14-5-3-4-6-16(14)26-17/h3-12H,1-2H3,(H,23,25). The molecule has 3 aromatic rings. The van der Waals surface area contributed by atoms with Gasteiger partial charge in [-0.2, -0.15) is 0 Å². The van der Waals surface area contributed by atoms with Crippen LogP contribution in [0.2, 0.25) is 4.34 Å². The van der Waals surface area contributed by atoms with Gasteiger partial charge in [0.2, 0.25) is 0 Å². The van der Waals surface area contributed by atoms with E-state index >= 15 is 0 Å². The second kappa shape index (κ2) is 7.50. The van der Waals surface area contributed by atoms with E-state index in [4.69, 9.17) is 16.6 Å². The zero-order valence-electron chi connectivity index (χ0n) is 14.8. The van der Waals surface area contributed by atoms with Gasteiger partial charge in [0.05, 0.1) is 20.6 Å². The number of hydrogen-bond donors (Lipinski definition) is 1. The van der Waals surface area contributed by atoms with Crippen LogP contribution in [0.1, 0.15) is 34.6 Å². The van der Waals surface area contributed by atoms with E-state index in [0.29, 0.717) is 5.56 Å². The molecule has 0 unspecified atom stereocenters. The molecule has 0 bridgehead atoms. The largest absolute Gasteiger partial charge is 0.350 e. The van der Waals surface area contributed by atoms with Crippen LogP contribution >= 0.6 is 34.7 Å². The highest BCUT2D eigenvalue weighted by molar-refractivity contribution is 7.99. The van der Waals surface area contributed by atoms with Gasteiger partial charge in [0, 0.05) is 27.0 Å². The number of nitrogens with zero attached hydrogens (tertiary/aromatic N) is 1. The van der Waals surface area contributed by atoms with E-state index in [1.807, 2.05) is 56.3 Å². The molecule has 1 aliphatic rings. The molecule has 1 N–H and O–H groups in total. The minimum Gasteiger partial charge on any atom is -0.350 e. The number of carbonyl (C=O) groups is 1. The summed E-state index contributed by atoms with van der Waals surface area (Å²) in [5, 5.41) is 2.94. The molecule has 0 aliphatic carbocycles. The number of nitrogens with one attached hydrogen (secondary N) is 1. The summed E-state index contributed by atoms with van der Waals surface area (Å²) in [5.41, 5.74) is 3.37. The molecule has 2 heterocycles. The van der Waals surface area contributed by atoms with Crippen molar-refractivity contribution in [2.45, 2.75) is 29.7 Å². The van der Waals surface area contributed by atoms with Crippen LogP contribution in [0.4, 0.5) is 5.69 Å². The summed E-state index contributed by atoms with van der Waals surface area (Å²) in [4.78, 5) is 20.6. The molecular weight excluding hydrogens is 396 g/mol. The maximum Gasteiger partial charge on any atom is 0.251 e. The summed E-state index contributed by atoms with van der Waals surface area (Å²) in [5.74, 6) is -0.0875. The number of hydrogen-bond acceptors (Lipinski definition) is 4. The summed E-state index contributed by atoms with van der Waals surface area (Å²) in [6.45, 7) is 3.90. The molecule has 136 valence electrons. The van der Waals surface area contributed by atoms with E-state index in [1.54, 1.807) is 11.8 Å². The van der Waals surface area contributed by atoms with Gasteiger partial charge in [0.15, 0.2) is 0 Å². The Balaban J connectivity index is 1.86. The molecular formula is C21H17ClN2OS2. The summed E-state index contributed by atoms with van der Waals surface area (Å²) in [6, 6.07) is 17.9. The van der Waals surface area contributed by atoms with Crippen molar-refractivity contribution < 1.29 is 4.79 Å². The molecule has 0 spiro atoms. The first-order valence-electron chi connectivity index (χ1n) is 8.58. The smallest absolute Gasteiger partial charge is 0.251 e. The Kier molecular flexibility index (Phi) is 5.08. The van der Waals surface area contributed by atoms with Crippen LogP contribution in [-0.4, -0.2) is 17.7 Å². The van der Waals surface area contributed by atoms with Gasteiger partial charge in [-0.3, -0.25) is 4.79 Å². The molecule has 6 heteroatoms. The number of fused-ring (bicyclic) bond motifs is 2. The molecule has 0 saturated heterocycles. The van der Waals surface area contributed by atoms with Crippen LogP contribution < -0.4 is 5.32 Å². The molecule has 1 aromatic heterocycles. The highest BCUT2D eigenvalue weighted by Gasteiger charge is 2.21. The fourth-order valence-corrected chi connectivity index (χ4v) is 4.91. The zero-order valence-corrected chi connectivity index (χ0v) is 17.2. The van der Waals surface area contributed by atoms with Crippen LogP contribution in [0.15, 0.2) is 69.4 Å². The molecule has 0 atom stereocenters. The molecule has 0 fully saturated rings. The average Bonchev–Trinajstić information content (AvgIpc) is 2.99. The van der Waals surface area contributed by atoms with Crippen LogP contribution in [-0.2, 0) is 0 Å². The molecule has 27 heavy (non-hydrogen) atoms. The molecule has 1 amide bonds. The maximum atomic E-state index is 12.4. The van der Waals surface area contributed by atoms with Crippen molar-refractivity contribution in [2.75, 3.05) is 0 Å². The number of amides is 1. The minimum absolute atomic E-state index is 0.0854. The van der Waals surface area contributed by atoms with E-state index in [9.17, 15) is 4.79 Å². The van der Waals surface area contributed by atoms with Gasteiger partial charge >= 0.3 is 0 Å². The summed E-state index contributed by atoms with van der Waals surface area (Å²) < 4.78 is 0.729. The van der Waals surface area contributed by atoms with Crippen molar-refractivity contribution >= 4 is 52.0 Å². The van der Waals surface area contributed by atoms with E-state index in [0.717, 1.165) is 36.0 Å². The van der Waals surface area contributed by atoms with Gasteiger partial charge in [-0.1, -0.05) is 41.6 Å². The Morgan fingerprint density at radius 2 is 1.89 bits per heavy atom. The van der Waals surface area contributed by atoms with Gasteiger partial charge in [-0.05, 0) is 50.2 Å². The number of carbonyl (C=O) groups excluding carboxylic acids is 1. The van der Waals surface area contributed by atoms with Crippen LogP contribution in [0.5, 0.6) is 0 Å². The van der Waals surface area contributed by atoms with E-state index < -0.39 is 0 Å². The lowest BCUT2D eigenvalue weighted by molar-refractivity contribution is 0.0943. The van der Waals surface area contributed by atoms with Gasteiger partial charge < -0.3 is 5.32 Å². The Hall–Kier alpha value is -2.08. The Morgan fingerprint density at radius 1 is 1.07 bits per heavy atom. The summed E-state index contributed by atoms with van der Waals surface area (Å²) in [6.07, 6.45) is 0. The SMILES string of the molecule is CC(C)NC(=O)c1ccc2c(c1)N=C(c1ccc(Cl)s1)c1ccccc1S2. The monoisotopic (exact) mass is 412 g/mol. The van der Waals surface area contributed by atoms with E-state index in [1.165, 1.54) is 11.3 Å². The highest BCUT2D eigenvalue weighted by Crippen LogP contribution is 2.42. The van der Waals surface area contributed by atoms with Crippen LogP contribution in [0.3, 0.4) is 0 Å². The van der Waals surface area contributed by atoms with Crippen molar-refractivity contribution in [2.24, 2.45) is 4.99 Å². The Bertz CT molecular complexity index is 1060. The lowest BCUT2D eigenvalue weighted by Crippen LogP contribution is -2.29. The summed E-state index contributed by atoms with van der Waals surface area (Å²) in [7, 11) is 0. The normalized spacial score (nSPS) is 12.8. The molecule has 1 aliphatic heterocycles. The maximum absolute atomic E-state index is 12.4. The summed E-state index contributed by atoms with van der Waals surface area (Å²) >= 11 is 9.34. The average molecular weight is 413 g/mol. The fraction of sp³-hybridized carbons (Fsp3) is 0.143. The third-order valence-corrected chi connectivity index (χ3v) is 6.42. The molecule has 3 nitrogen and oxygen atoms in total. The number of halogens is 1. The Labute approximate surface area is 171 Å². The highest BCUT2D eigenvalue weighted by atomic mass is 35.5. The van der Waals surface area contributed by atoms with Crippen LogP contribution in [0.25, 0.3) is 0 Å². The number of rotatable bonds is 3.